The lowest BCUT2D eigenvalue weighted by Crippen LogP contribution is -2.55. The van der Waals surface area contributed by atoms with Crippen LogP contribution in [0.25, 0.3) is 10.9 Å². The van der Waals surface area contributed by atoms with Gasteiger partial charge in [-0.15, -0.1) is 0 Å². The zero-order valence-electron chi connectivity index (χ0n) is 20.9. The second kappa shape index (κ2) is 9.91. The van der Waals surface area contributed by atoms with Crippen molar-refractivity contribution in [1.82, 2.24) is 30.5 Å². The van der Waals surface area contributed by atoms with Gasteiger partial charge < -0.3 is 25.7 Å². The van der Waals surface area contributed by atoms with Gasteiger partial charge in [-0.05, 0) is 44.5 Å². The molecule has 11 heteroatoms. The first-order valence-electron chi connectivity index (χ1n) is 12.1. The number of allylic oxidation sites excluding steroid dienone is 1. The lowest BCUT2D eigenvalue weighted by atomic mass is 9.88. The number of hydrogen-bond donors (Lipinski definition) is 4. The van der Waals surface area contributed by atoms with Crippen molar-refractivity contribution in [2.45, 2.75) is 25.8 Å². The molecule has 0 spiro atoms. The molecule has 2 aliphatic rings. The Morgan fingerprint density at radius 3 is 2.73 bits per heavy atom. The first-order chi connectivity index (χ1) is 17.8. The van der Waals surface area contributed by atoms with Gasteiger partial charge in [-0.3, -0.25) is 9.69 Å². The normalized spacial score (nSPS) is 20.4. The van der Waals surface area contributed by atoms with Gasteiger partial charge in [0, 0.05) is 55.5 Å². The molecule has 1 amide bonds. The summed E-state index contributed by atoms with van der Waals surface area (Å²) >= 11 is 0. The number of carbonyl (C=O) groups is 1. The standard InChI is InChI=1S/C26H29F2N7O2/c1-15-12-17-18(33-15)4-5-19(22(17)28)37-25-21(24(36)29-3)23(31-14-32-25)34-16-6-7-26(2,20(27)13-16)35-10-8-30-9-11-35/h4-6,12-14,30,33H,7-11H2,1-3H3,(H,29,36)(H,31,32,34). The molecule has 1 aliphatic heterocycles. The number of carbonyl (C=O) groups excluding carboxylic acids is 1. The second-order valence-electron chi connectivity index (χ2n) is 9.37. The van der Waals surface area contributed by atoms with E-state index >= 15 is 8.78 Å². The van der Waals surface area contributed by atoms with E-state index in [1.165, 1.54) is 25.5 Å². The molecule has 0 saturated carbocycles. The van der Waals surface area contributed by atoms with E-state index in [9.17, 15) is 4.79 Å². The van der Waals surface area contributed by atoms with Gasteiger partial charge in [0.25, 0.3) is 5.91 Å². The van der Waals surface area contributed by atoms with Crippen LogP contribution in [0.4, 0.5) is 14.6 Å². The van der Waals surface area contributed by atoms with Crippen molar-refractivity contribution < 1.29 is 18.3 Å². The van der Waals surface area contributed by atoms with Crippen molar-refractivity contribution in [2.75, 3.05) is 38.5 Å². The highest BCUT2D eigenvalue weighted by Crippen LogP contribution is 2.36. The molecule has 9 nitrogen and oxygen atoms in total. The van der Waals surface area contributed by atoms with Crippen molar-refractivity contribution in [1.29, 1.82) is 0 Å². The van der Waals surface area contributed by atoms with Crippen LogP contribution in [0, 0.1) is 12.7 Å². The van der Waals surface area contributed by atoms with Crippen LogP contribution in [0.1, 0.15) is 29.4 Å². The average molecular weight is 510 g/mol. The fraction of sp³-hybridized carbons (Fsp3) is 0.346. The zero-order chi connectivity index (χ0) is 26.2. The van der Waals surface area contributed by atoms with Crippen molar-refractivity contribution in [3.63, 3.8) is 0 Å². The topological polar surface area (TPSA) is 107 Å². The smallest absolute Gasteiger partial charge is 0.260 e. The van der Waals surface area contributed by atoms with Crippen molar-refractivity contribution in [3.8, 4) is 11.6 Å². The lowest BCUT2D eigenvalue weighted by Gasteiger charge is -2.43. The SMILES string of the molecule is CNC(=O)c1c(NC2=CCC(C)(N3CCNCC3)C(F)=C2)ncnc1Oc1ccc2[nH]c(C)cc2c1F. The number of nitrogens with zero attached hydrogens (tertiary/aromatic N) is 3. The number of aromatic nitrogens is 3. The Morgan fingerprint density at radius 1 is 1.22 bits per heavy atom. The summed E-state index contributed by atoms with van der Waals surface area (Å²) < 4.78 is 36.3. The van der Waals surface area contributed by atoms with Crippen LogP contribution in [-0.4, -0.2) is 64.5 Å². The molecular weight excluding hydrogens is 480 g/mol. The Kier molecular flexibility index (Phi) is 6.65. The van der Waals surface area contributed by atoms with E-state index in [0.717, 1.165) is 31.9 Å². The van der Waals surface area contributed by atoms with Crippen molar-refractivity contribution >= 4 is 22.6 Å². The van der Waals surface area contributed by atoms with Gasteiger partial charge in [0.1, 0.15) is 17.7 Å². The highest BCUT2D eigenvalue weighted by molar-refractivity contribution is 6.01. The second-order valence-corrected chi connectivity index (χ2v) is 9.37. The molecule has 1 aromatic carbocycles. The van der Waals surface area contributed by atoms with E-state index in [-0.39, 0.29) is 28.8 Å². The molecule has 0 bridgehead atoms. The summed E-state index contributed by atoms with van der Waals surface area (Å²) in [4.78, 5) is 26.3. The third-order valence-electron chi connectivity index (χ3n) is 6.90. The van der Waals surface area contributed by atoms with E-state index in [1.54, 1.807) is 12.1 Å². The van der Waals surface area contributed by atoms with Gasteiger partial charge in [-0.25, -0.2) is 18.7 Å². The molecule has 37 heavy (non-hydrogen) atoms. The Bertz CT molecular complexity index is 1410. The number of H-pyrrole nitrogens is 1. The van der Waals surface area contributed by atoms with Crippen LogP contribution in [0.15, 0.2) is 48.2 Å². The summed E-state index contributed by atoms with van der Waals surface area (Å²) in [6, 6.07) is 4.83. The largest absolute Gasteiger partial charge is 0.435 e. The number of aromatic amines is 1. The van der Waals surface area contributed by atoms with Gasteiger partial charge in [0.05, 0.1) is 5.54 Å². The number of anilines is 1. The average Bonchev–Trinajstić information content (AvgIpc) is 3.29. The van der Waals surface area contributed by atoms with E-state index in [2.05, 4.69) is 35.8 Å². The first kappa shape index (κ1) is 24.8. The predicted molar refractivity (Wildman–Crippen MR) is 137 cm³/mol. The minimum atomic E-state index is -0.733. The zero-order valence-corrected chi connectivity index (χ0v) is 20.9. The summed E-state index contributed by atoms with van der Waals surface area (Å²) in [5.41, 5.74) is 1.13. The molecule has 1 aliphatic carbocycles. The molecule has 4 N–H and O–H groups in total. The number of hydrogen-bond acceptors (Lipinski definition) is 7. The molecule has 1 saturated heterocycles. The Hall–Kier alpha value is -3.83. The first-order valence-corrected chi connectivity index (χ1v) is 12.1. The summed E-state index contributed by atoms with van der Waals surface area (Å²) in [7, 11) is 1.45. The number of nitrogens with one attached hydrogen (secondary N) is 4. The Balaban J connectivity index is 1.44. The van der Waals surface area contributed by atoms with E-state index < -0.39 is 17.3 Å². The molecule has 194 valence electrons. The molecule has 3 aromatic rings. The van der Waals surface area contributed by atoms with Gasteiger partial charge >= 0.3 is 0 Å². The van der Waals surface area contributed by atoms with Crippen molar-refractivity contribution in [2.24, 2.45) is 0 Å². The summed E-state index contributed by atoms with van der Waals surface area (Å²) in [5, 5.41) is 9.22. The Labute approximate surface area is 213 Å². The number of halogens is 2. The third-order valence-corrected chi connectivity index (χ3v) is 6.90. The maximum absolute atomic E-state index is 15.4. The molecule has 1 atom stereocenters. The minimum absolute atomic E-state index is 0.0279. The molecule has 1 unspecified atom stereocenters. The van der Waals surface area contributed by atoms with E-state index in [1.807, 2.05) is 19.9 Å². The fourth-order valence-corrected chi connectivity index (χ4v) is 4.76. The molecule has 1 fully saturated rings. The van der Waals surface area contributed by atoms with Crippen LogP contribution >= 0.6 is 0 Å². The molecule has 3 heterocycles. The number of aryl methyl sites for hydroxylation is 1. The van der Waals surface area contributed by atoms with Gasteiger partial charge in [-0.2, -0.15) is 0 Å². The number of rotatable bonds is 6. The molecular formula is C26H29F2N7O2. The summed E-state index contributed by atoms with van der Waals surface area (Å²) in [5.74, 6) is -1.49. The third kappa shape index (κ3) is 4.67. The monoisotopic (exact) mass is 509 g/mol. The molecule has 0 radical (unpaired) electrons. The number of fused-ring (bicyclic) bond motifs is 1. The van der Waals surface area contributed by atoms with Crippen LogP contribution < -0.4 is 20.7 Å². The fourth-order valence-electron chi connectivity index (χ4n) is 4.76. The van der Waals surface area contributed by atoms with Crippen LogP contribution in [0.3, 0.4) is 0 Å². The Morgan fingerprint density at radius 2 is 2.00 bits per heavy atom. The van der Waals surface area contributed by atoms with Gasteiger partial charge in [0.2, 0.25) is 5.88 Å². The number of ether oxygens (including phenoxy) is 1. The molecule has 2 aromatic heterocycles. The van der Waals surface area contributed by atoms with E-state index in [0.29, 0.717) is 23.0 Å². The molecule has 5 rings (SSSR count). The summed E-state index contributed by atoms with van der Waals surface area (Å²) in [6.07, 6.45) is 4.95. The lowest BCUT2D eigenvalue weighted by molar-refractivity contribution is 0.0960. The predicted octanol–water partition coefficient (Wildman–Crippen LogP) is 3.77. The van der Waals surface area contributed by atoms with E-state index in [4.69, 9.17) is 4.74 Å². The van der Waals surface area contributed by atoms with Gasteiger partial charge in [-0.1, -0.05) is 6.08 Å². The minimum Gasteiger partial charge on any atom is -0.435 e. The highest BCUT2D eigenvalue weighted by atomic mass is 19.1. The van der Waals surface area contributed by atoms with Crippen LogP contribution in [0.5, 0.6) is 11.6 Å². The maximum Gasteiger partial charge on any atom is 0.260 e. The van der Waals surface area contributed by atoms with Gasteiger partial charge in [0.15, 0.2) is 17.4 Å². The van der Waals surface area contributed by atoms with Crippen LogP contribution in [0.2, 0.25) is 0 Å². The number of benzene rings is 1. The number of piperazine rings is 1. The highest BCUT2D eigenvalue weighted by Gasteiger charge is 2.38. The van der Waals surface area contributed by atoms with Crippen molar-refractivity contribution in [3.05, 3.63) is 65.3 Å². The van der Waals surface area contributed by atoms with Crippen LogP contribution in [-0.2, 0) is 0 Å². The maximum atomic E-state index is 15.4. The summed E-state index contributed by atoms with van der Waals surface area (Å²) in [6.45, 7) is 6.86. The number of amides is 1. The quantitative estimate of drug-likeness (QED) is 0.401.